The number of hydrogen-bond donors (Lipinski definition) is 1. The van der Waals surface area contributed by atoms with Crippen LogP contribution in [0.3, 0.4) is 0 Å². The van der Waals surface area contributed by atoms with Crippen LogP contribution in [-0.4, -0.2) is 54.2 Å². The van der Waals surface area contributed by atoms with Crippen LogP contribution in [0.1, 0.15) is 18.4 Å². The predicted molar refractivity (Wildman–Crippen MR) is 82.3 cm³/mol. The van der Waals surface area contributed by atoms with E-state index in [2.05, 4.69) is 29.2 Å². The molecule has 3 nitrogen and oxygen atoms in total. The van der Waals surface area contributed by atoms with Gasteiger partial charge < -0.3 is 14.7 Å². The highest BCUT2D eigenvalue weighted by Crippen LogP contribution is 2.37. The second-order valence-electron chi connectivity index (χ2n) is 5.65. The molecule has 1 saturated heterocycles. The summed E-state index contributed by atoms with van der Waals surface area (Å²) in [6.45, 7) is 4.06. The van der Waals surface area contributed by atoms with E-state index >= 15 is 0 Å². The van der Waals surface area contributed by atoms with Crippen LogP contribution in [0.5, 0.6) is 0 Å². The Kier molecular flexibility index (Phi) is 4.99. The van der Waals surface area contributed by atoms with Crippen molar-refractivity contribution in [3.8, 4) is 0 Å². The van der Waals surface area contributed by atoms with Gasteiger partial charge in [-0.2, -0.15) is 0 Å². The van der Waals surface area contributed by atoms with Gasteiger partial charge in [-0.1, -0.05) is 18.2 Å². The van der Waals surface area contributed by atoms with E-state index in [0.29, 0.717) is 18.0 Å². The Hall–Kier alpha value is -0.550. The Morgan fingerprint density at radius 1 is 1.25 bits per heavy atom. The van der Waals surface area contributed by atoms with Gasteiger partial charge in [0.15, 0.2) is 0 Å². The van der Waals surface area contributed by atoms with Crippen LogP contribution in [0.25, 0.3) is 0 Å². The minimum Gasteiger partial charge on any atom is -0.394 e. The summed E-state index contributed by atoms with van der Waals surface area (Å²) >= 11 is 2.04. The number of thioether (sulfide) groups is 1. The minimum absolute atomic E-state index is 0.136. The lowest BCUT2D eigenvalue weighted by Crippen LogP contribution is -2.40. The maximum Gasteiger partial charge on any atom is 0.0701 e. The lowest BCUT2D eigenvalue weighted by atomic mass is 10.1. The molecule has 2 aliphatic rings. The van der Waals surface area contributed by atoms with Crippen LogP contribution < -0.4 is 0 Å². The number of hydrogen-bond acceptors (Lipinski definition) is 4. The van der Waals surface area contributed by atoms with Crippen molar-refractivity contribution in [2.45, 2.75) is 35.5 Å². The van der Waals surface area contributed by atoms with Crippen LogP contribution in [0.4, 0.5) is 0 Å². The molecule has 2 heterocycles. The molecule has 1 aromatic rings. The van der Waals surface area contributed by atoms with E-state index in [1.807, 2.05) is 11.8 Å². The van der Waals surface area contributed by atoms with Gasteiger partial charge in [-0.05, 0) is 30.9 Å². The van der Waals surface area contributed by atoms with Crippen molar-refractivity contribution in [1.29, 1.82) is 0 Å². The number of aliphatic hydroxyl groups excluding tert-OH is 1. The Labute approximate surface area is 125 Å². The van der Waals surface area contributed by atoms with Crippen molar-refractivity contribution in [2.24, 2.45) is 0 Å². The molecule has 0 aliphatic carbocycles. The number of rotatable bonds is 5. The van der Waals surface area contributed by atoms with Crippen molar-refractivity contribution in [1.82, 2.24) is 4.90 Å². The molecule has 2 aliphatic heterocycles. The van der Waals surface area contributed by atoms with Crippen molar-refractivity contribution in [2.75, 3.05) is 32.8 Å². The summed E-state index contributed by atoms with van der Waals surface area (Å²) < 4.78 is 5.62. The third kappa shape index (κ3) is 3.55. The number of ether oxygens (including phenoxy) is 1. The van der Waals surface area contributed by atoms with Crippen molar-refractivity contribution in [3.63, 3.8) is 0 Å². The second-order valence-corrected chi connectivity index (χ2v) is 6.99. The van der Waals surface area contributed by atoms with Gasteiger partial charge in [0.25, 0.3) is 0 Å². The number of likely N-dealkylation sites (tertiary alicyclic amines) is 1. The first-order chi connectivity index (χ1) is 9.85. The first-order valence-electron chi connectivity index (χ1n) is 7.54. The van der Waals surface area contributed by atoms with Gasteiger partial charge in [-0.25, -0.2) is 0 Å². The minimum atomic E-state index is 0.136. The van der Waals surface area contributed by atoms with Gasteiger partial charge in [-0.3, -0.25) is 0 Å². The largest absolute Gasteiger partial charge is 0.394 e. The van der Waals surface area contributed by atoms with Crippen LogP contribution in [-0.2, 0) is 11.2 Å². The van der Waals surface area contributed by atoms with Gasteiger partial charge in [0.2, 0.25) is 0 Å². The van der Waals surface area contributed by atoms with Crippen molar-refractivity contribution >= 4 is 11.8 Å². The maximum atomic E-state index is 8.79. The molecule has 1 atom stereocenters. The summed E-state index contributed by atoms with van der Waals surface area (Å²) in [5.41, 5.74) is 1.52. The quantitative estimate of drug-likeness (QED) is 0.902. The highest BCUT2D eigenvalue weighted by Gasteiger charge is 2.26. The van der Waals surface area contributed by atoms with E-state index in [4.69, 9.17) is 9.84 Å². The Morgan fingerprint density at radius 3 is 2.80 bits per heavy atom. The molecule has 1 N–H and O–H groups in total. The number of aliphatic hydroxyl groups is 1. The zero-order chi connectivity index (χ0) is 13.8. The molecule has 0 bridgehead atoms. The van der Waals surface area contributed by atoms with E-state index < -0.39 is 0 Å². The highest BCUT2D eigenvalue weighted by molar-refractivity contribution is 8.00. The summed E-state index contributed by atoms with van der Waals surface area (Å²) in [5, 5.41) is 9.50. The molecule has 0 aromatic heterocycles. The average molecular weight is 293 g/mol. The monoisotopic (exact) mass is 293 g/mol. The third-order valence-corrected chi connectivity index (χ3v) is 5.46. The maximum absolute atomic E-state index is 8.79. The fourth-order valence-corrected chi connectivity index (χ4v) is 4.49. The Balaban J connectivity index is 1.43. The lowest BCUT2D eigenvalue weighted by Gasteiger charge is -2.33. The first-order valence-corrected chi connectivity index (χ1v) is 8.42. The fourth-order valence-electron chi connectivity index (χ4n) is 3.12. The number of benzene rings is 1. The van der Waals surface area contributed by atoms with Gasteiger partial charge in [0, 0.05) is 29.8 Å². The standard InChI is InChI=1S/C16H23NO2S/c18-9-10-19-14-5-7-17(8-6-14)12-15-11-13-3-1-2-4-16(13)20-15/h1-4,14-15,18H,5-12H2. The average Bonchev–Trinajstić information content (AvgIpc) is 2.89. The third-order valence-electron chi connectivity index (χ3n) is 4.16. The molecular weight excluding hydrogens is 270 g/mol. The van der Waals surface area contributed by atoms with Crippen LogP contribution in [0.15, 0.2) is 29.2 Å². The van der Waals surface area contributed by atoms with E-state index in [1.54, 1.807) is 0 Å². The summed E-state index contributed by atoms with van der Waals surface area (Å²) in [5.74, 6) is 0. The summed E-state index contributed by atoms with van der Waals surface area (Å²) in [7, 11) is 0. The molecule has 3 rings (SSSR count). The van der Waals surface area contributed by atoms with Crippen LogP contribution >= 0.6 is 11.8 Å². The topological polar surface area (TPSA) is 32.7 Å². The van der Waals surface area contributed by atoms with Crippen LogP contribution in [0.2, 0.25) is 0 Å². The van der Waals surface area contributed by atoms with Gasteiger partial charge in [-0.15, -0.1) is 11.8 Å². The molecule has 1 fully saturated rings. The van der Waals surface area contributed by atoms with Gasteiger partial charge in [0.1, 0.15) is 0 Å². The lowest BCUT2D eigenvalue weighted by molar-refractivity contribution is -0.00753. The highest BCUT2D eigenvalue weighted by atomic mass is 32.2. The summed E-state index contributed by atoms with van der Waals surface area (Å²) in [6, 6.07) is 8.79. The molecular formula is C16H23NO2S. The molecule has 1 unspecified atom stereocenters. The fraction of sp³-hybridized carbons (Fsp3) is 0.625. The van der Waals surface area contributed by atoms with Crippen molar-refractivity contribution < 1.29 is 9.84 Å². The van der Waals surface area contributed by atoms with E-state index in [-0.39, 0.29) is 6.61 Å². The van der Waals surface area contributed by atoms with Gasteiger partial charge >= 0.3 is 0 Å². The summed E-state index contributed by atoms with van der Waals surface area (Å²) in [4.78, 5) is 4.04. The second kappa shape index (κ2) is 6.94. The predicted octanol–water partition coefficient (Wildman–Crippen LogP) is 2.18. The zero-order valence-electron chi connectivity index (χ0n) is 11.8. The van der Waals surface area contributed by atoms with E-state index in [0.717, 1.165) is 25.9 Å². The molecule has 0 spiro atoms. The zero-order valence-corrected chi connectivity index (χ0v) is 12.6. The molecule has 0 amide bonds. The number of fused-ring (bicyclic) bond motifs is 1. The van der Waals surface area contributed by atoms with Gasteiger partial charge in [0.05, 0.1) is 19.3 Å². The molecule has 0 saturated carbocycles. The smallest absolute Gasteiger partial charge is 0.0701 e. The molecule has 0 radical (unpaired) electrons. The Morgan fingerprint density at radius 2 is 2.05 bits per heavy atom. The normalized spacial score (nSPS) is 23.9. The molecule has 20 heavy (non-hydrogen) atoms. The SMILES string of the molecule is OCCOC1CCN(CC2Cc3ccccc3S2)CC1. The van der Waals surface area contributed by atoms with E-state index in [9.17, 15) is 0 Å². The van der Waals surface area contributed by atoms with E-state index in [1.165, 1.54) is 23.4 Å². The first kappa shape index (κ1) is 14.4. The molecule has 1 aromatic carbocycles. The number of nitrogens with zero attached hydrogens (tertiary/aromatic N) is 1. The Bertz CT molecular complexity index is 407. The molecule has 110 valence electrons. The van der Waals surface area contributed by atoms with Crippen molar-refractivity contribution in [3.05, 3.63) is 29.8 Å². The number of piperidine rings is 1. The summed E-state index contributed by atoms with van der Waals surface area (Å²) in [6.07, 6.45) is 3.77. The van der Waals surface area contributed by atoms with Crippen LogP contribution in [0, 0.1) is 0 Å². The molecule has 4 heteroatoms.